The molecule has 5 fully saturated rings. The third-order valence-electron chi connectivity index (χ3n) is 13.5. The highest BCUT2D eigenvalue weighted by Crippen LogP contribution is 2.41. The summed E-state index contributed by atoms with van der Waals surface area (Å²) in [4.78, 5) is 94.2. The standard InChI is InChI=1S/C44H55FN8O6/c45-29-15-13-26(14-16-29)22-33-38(54)48-32(17-20-46)41(57)52-21-7-12-36(52)42(58)53-35-11-4-1-8-27(35)24-37(53)40(56)49-34(23-28-25-47-31-10-3-2-9-30(28)31)39(55)51-44(43(59)50-33)18-5-6-19-44/h2-3,9-10,13-16,25,27,32-37,47H,1,4-8,11-12,17-24,46H2,(H,48,54)(H,49,56)(H,50,59)(H,51,55)/t27-,32+,33+,34+,35-,36-,37-/m1/s1. The van der Waals surface area contributed by atoms with Crippen LogP contribution in [0.1, 0.15) is 88.2 Å². The molecule has 3 saturated heterocycles. The summed E-state index contributed by atoms with van der Waals surface area (Å²) in [5.74, 6) is -3.33. The summed E-state index contributed by atoms with van der Waals surface area (Å²) in [6.07, 6.45) is 8.72. The molecule has 0 bridgehead atoms. The topological polar surface area (TPSA) is 199 Å². The molecule has 1 aromatic heterocycles. The van der Waals surface area contributed by atoms with Crippen LogP contribution in [0.4, 0.5) is 4.39 Å². The molecule has 2 aromatic carbocycles. The number of benzene rings is 2. The van der Waals surface area contributed by atoms with Crippen molar-refractivity contribution in [1.82, 2.24) is 36.1 Å². The number of nitrogens with one attached hydrogen (secondary N) is 5. The number of aromatic nitrogens is 1. The Bertz CT molecular complexity index is 2080. The molecule has 8 rings (SSSR count). The number of carbonyl (C=O) groups excluding carboxylic acids is 6. The predicted molar refractivity (Wildman–Crippen MR) is 217 cm³/mol. The molecule has 5 aliphatic rings. The van der Waals surface area contributed by atoms with E-state index in [0.29, 0.717) is 50.5 Å². The van der Waals surface area contributed by atoms with Gasteiger partial charge in [-0.05, 0) is 93.2 Å². The van der Waals surface area contributed by atoms with Gasteiger partial charge in [-0.15, -0.1) is 0 Å². The van der Waals surface area contributed by atoms with E-state index in [0.717, 1.165) is 42.1 Å². The fourth-order valence-corrected chi connectivity index (χ4v) is 10.4. The van der Waals surface area contributed by atoms with E-state index in [1.807, 2.05) is 30.5 Å². The number of nitrogens with zero attached hydrogens (tertiary/aromatic N) is 2. The van der Waals surface area contributed by atoms with Crippen LogP contribution < -0.4 is 27.0 Å². The molecule has 14 nitrogen and oxygen atoms in total. The van der Waals surface area contributed by atoms with Gasteiger partial charge in [0.2, 0.25) is 35.4 Å². The number of para-hydroxylation sites is 1. The van der Waals surface area contributed by atoms with Crippen LogP contribution in [0.5, 0.6) is 0 Å². The molecular weight excluding hydrogens is 756 g/mol. The lowest BCUT2D eigenvalue weighted by Gasteiger charge is -2.38. The Morgan fingerprint density at radius 3 is 2.24 bits per heavy atom. The maximum Gasteiger partial charge on any atom is 0.246 e. The predicted octanol–water partition coefficient (Wildman–Crippen LogP) is 2.49. The van der Waals surface area contributed by atoms with Crippen molar-refractivity contribution in [3.8, 4) is 0 Å². The van der Waals surface area contributed by atoms with Gasteiger partial charge in [-0.3, -0.25) is 28.8 Å². The zero-order valence-corrected chi connectivity index (χ0v) is 33.4. The second-order valence-corrected chi connectivity index (χ2v) is 17.2. The van der Waals surface area contributed by atoms with Crippen molar-refractivity contribution in [2.24, 2.45) is 11.7 Å². The Hall–Kier alpha value is -5.31. The molecule has 4 heterocycles. The van der Waals surface area contributed by atoms with E-state index in [-0.39, 0.29) is 50.2 Å². The van der Waals surface area contributed by atoms with Gasteiger partial charge < -0.3 is 41.8 Å². The SMILES string of the molecule is NCC[C@@H]1NC(=O)[C@H](Cc2ccc(F)cc2)NC(=O)C2(CCCC2)NC(=O)[C@H](Cc2c[nH]c3ccccc23)NC(=O)[C@H]2C[C@H]3CCCC[C@H]3N2C(=O)[C@H]2CCCN2C1=O. The second-order valence-electron chi connectivity index (χ2n) is 17.2. The van der Waals surface area contributed by atoms with Gasteiger partial charge in [0.05, 0.1) is 0 Å². The van der Waals surface area contributed by atoms with Crippen LogP contribution in [-0.4, -0.2) is 105 Å². The van der Waals surface area contributed by atoms with Crippen LogP contribution in [0, 0.1) is 11.7 Å². The van der Waals surface area contributed by atoms with Gasteiger partial charge in [0.15, 0.2) is 0 Å². The van der Waals surface area contributed by atoms with Crippen LogP contribution in [0.2, 0.25) is 0 Å². The molecule has 314 valence electrons. The highest BCUT2D eigenvalue weighted by molar-refractivity contribution is 6.00. The van der Waals surface area contributed by atoms with Crippen molar-refractivity contribution in [1.29, 1.82) is 0 Å². The third-order valence-corrected chi connectivity index (χ3v) is 13.5. The van der Waals surface area contributed by atoms with Crippen molar-refractivity contribution in [2.45, 2.75) is 132 Å². The van der Waals surface area contributed by atoms with Crippen molar-refractivity contribution < 1.29 is 33.2 Å². The smallest absolute Gasteiger partial charge is 0.246 e. The molecule has 15 heteroatoms. The zero-order chi connectivity index (χ0) is 41.3. The molecule has 2 saturated carbocycles. The minimum Gasteiger partial charge on any atom is -0.361 e. The van der Waals surface area contributed by atoms with E-state index in [2.05, 4.69) is 26.3 Å². The first kappa shape index (κ1) is 40.5. The highest BCUT2D eigenvalue weighted by atomic mass is 19.1. The maximum atomic E-state index is 14.9. The summed E-state index contributed by atoms with van der Waals surface area (Å²) in [5, 5.41) is 12.8. The van der Waals surface area contributed by atoms with Gasteiger partial charge in [0.25, 0.3) is 0 Å². The normalized spacial score (nSPS) is 29.3. The Morgan fingerprint density at radius 1 is 0.729 bits per heavy atom. The molecule has 3 aliphatic heterocycles. The third kappa shape index (κ3) is 8.17. The van der Waals surface area contributed by atoms with Gasteiger partial charge in [-0.25, -0.2) is 4.39 Å². The first-order valence-electron chi connectivity index (χ1n) is 21.4. The number of H-pyrrole nitrogens is 1. The molecule has 3 aromatic rings. The number of hydrogen-bond donors (Lipinski definition) is 6. The van der Waals surface area contributed by atoms with Crippen LogP contribution in [0.25, 0.3) is 10.9 Å². The Kier molecular flexibility index (Phi) is 11.7. The minimum atomic E-state index is -1.41. The summed E-state index contributed by atoms with van der Waals surface area (Å²) in [5.41, 5.74) is 6.82. The number of amides is 6. The molecule has 0 radical (unpaired) electrons. The number of halogens is 1. The summed E-state index contributed by atoms with van der Waals surface area (Å²) < 4.78 is 14.0. The minimum absolute atomic E-state index is 0.0333. The second kappa shape index (κ2) is 17.1. The maximum absolute atomic E-state index is 14.9. The number of rotatable bonds is 6. The molecule has 7 N–H and O–H groups in total. The lowest BCUT2D eigenvalue weighted by atomic mass is 9.84. The van der Waals surface area contributed by atoms with E-state index >= 15 is 0 Å². The molecule has 59 heavy (non-hydrogen) atoms. The Morgan fingerprint density at radius 2 is 1.46 bits per heavy atom. The first-order valence-corrected chi connectivity index (χ1v) is 21.4. The van der Waals surface area contributed by atoms with Crippen LogP contribution in [0.3, 0.4) is 0 Å². The molecule has 6 amide bonds. The van der Waals surface area contributed by atoms with Crippen molar-refractivity contribution >= 4 is 46.3 Å². The summed E-state index contributed by atoms with van der Waals surface area (Å²) in [6.45, 7) is 0.348. The largest absolute Gasteiger partial charge is 0.361 e. The van der Waals surface area contributed by atoms with Crippen LogP contribution in [0.15, 0.2) is 54.7 Å². The van der Waals surface area contributed by atoms with Gasteiger partial charge >= 0.3 is 0 Å². The van der Waals surface area contributed by atoms with E-state index < -0.39 is 71.1 Å². The Labute approximate surface area is 342 Å². The molecule has 0 unspecified atom stereocenters. The van der Waals surface area contributed by atoms with Gasteiger partial charge in [-0.2, -0.15) is 0 Å². The quantitative estimate of drug-likeness (QED) is 0.220. The average Bonchev–Trinajstić information content (AvgIpc) is 4.06. The highest BCUT2D eigenvalue weighted by Gasteiger charge is 2.52. The van der Waals surface area contributed by atoms with E-state index in [9.17, 15) is 33.2 Å². The summed E-state index contributed by atoms with van der Waals surface area (Å²) in [6, 6.07) is 7.92. The van der Waals surface area contributed by atoms with Gasteiger partial charge in [-0.1, -0.05) is 56.0 Å². The number of hydrogen-bond acceptors (Lipinski definition) is 7. The summed E-state index contributed by atoms with van der Waals surface area (Å²) in [7, 11) is 0. The van der Waals surface area contributed by atoms with Gasteiger partial charge in [0.1, 0.15) is 41.6 Å². The number of fused-ring (bicyclic) bond motifs is 5. The summed E-state index contributed by atoms with van der Waals surface area (Å²) >= 11 is 0. The number of nitrogens with two attached hydrogens (primary N) is 1. The number of carbonyl (C=O) groups is 6. The fourth-order valence-electron chi connectivity index (χ4n) is 10.4. The van der Waals surface area contributed by atoms with E-state index in [1.165, 1.54) is 29.2 Å². The zero-order valence-electron chi connectivity index (χ0n) is 33.4. The van der Waals surface area contributed by atoms with Gasteiger partial charge in [0, 0.05) is 42.5 Å². The van der Waals surface area contributed by atoms with Crippen molar-refractivity contribution in [3.05, 3.63) is 71.7 Å². The van der Waals surface area contributed by atoms with Crippen LogP contribution in [-0.2, 0) is 41.6 Å². The lowest BCUT2D eigenvalue weighted by molar-refractivity contribution is -0.150. The van der Waals surface area contributed by atoms with Crippen LogP contribution >= 0.6 is 0 Å². The van der Waals surface area contributed by atoms with Crippen molar-refractivity contribution in [3.63, 3.8) is 0 Å². The fraction of sp³-hybridized carbons (Fsp3) is 0.545. The monoisotopic (exact) mass is 810 g/mol. The molecule has 7 atom stereocenters. The molecule has 2 aliphatic carbocycles. The molecular formula is C44H55FN8O6. The number of aromatic amines is 1. The lowest BCUT2D eigenvalue weighted by Crippen LogP contribution is -2.65. The van der Waals surface area contributed by atoms with Crippen molar-refractivity contribution in [2.75, 3.05) is 13.1 Å². The average molecular weight is 811 g/mol. The first-order chi connectivity index (χ1) is 28.5. The molecule has 1 spiro atoms. The van der Waals surface area contributed by atoms with E-state index in [4.69, 9.17) is 5.73 Å². The Balaban J connectivity index is 1.19. The van der Waals surface area contributed by atoms with E-state index in [1.54, 1.807) is 4.90 Å².